The normalized spacial score (nSPS) is 12.3. The molecular weight excluding hydrogens is 550 g/mol. The van der Waals surface area contributed by atoms with Gasteiger partial charge in [0, 0.05) is 31.5 Å². The van der Waals surface area contributed by atoms with Crippen molar-refractivity contribution in [1.82, 2.24) is 10.2 Å². The summed E-state index contributed by atoms with van der Waals surface area (Å²) in [5.41, 5.74) is 2.67. The Hall–Kier alpha value is -3.85. The molecule has 0 saturated carbocycles. The zero-order valence-corrected chi connectivity index (χ0v) is 26.3. The van der Waals surface area contributed by atoms with Crippen LogP contribution in [0, 0.1) is 6.92 Å². The van der Waals surface area contributed by atoms with E-state index in [2.05, 4.69) is 5.32 Å². The molecular formula is C33H43N3O5S. The number of ether oxygens (including phenoxy) is 1. The van der Waals surface area contributed by atoms with Gasteiger partial charge in [-0.25, -0.2) is 8.42 Å². The highest BCUT2D eigenvalue weighted by atomic mass is 32.2. The number of carbonyl (C=O) groups is 2. The van der Waals surface area contributed by atoms with E-state index in [4.69, 9.17) is 4.74 Å². The average molecular weight is 594 g/mol. The van der Waals surface area contributed by atoms with Gasteiger partial charge in [0.25, 0.3) is 0 Å². The van der Waals surface area contributed by atoms with Crippen molar-refractivity contribution in [2.75, 3.05) is 24.2 Å². The quantitative estimate of drug-likeness (QED) is 0.297. The third-order valence-electron chi connectivity index (χ3n) is 6.79. The van der Waals surface area contributed by atoms with Crippen LogP contribution in [0.1, 0.15) is 50.3 Å². The van der Waals surface area contributed by atoms with Crippen LogP contribution >= 0.6 is 0 Å². The molecule has 3 rings (SSSR count). The van der Waals surface area contributed by atoms with E-state index in [0.717, 1.165) is 16.7 Å². The minimum atomic E-state index is -3.58. The summed E-state index contributed by atoms with van der Waals surface area (Å²) in [4.78, 5) is 29.3. The number of nitrogens with zero attached hydrogens (tertiary/aromatic N) is 2. The summed E-state index contributed by atoms with van der Waals surface area (Å²) in [5, 5.41) is 3.06. The van der Waals surface area contributed by atoms with E-state index < -0.39 is 21.6 Å². The number of anilines is 1. The first kappa shape index (κ1) is 32.7. The number of nitrogens with one attached hydrogen (secondary N) is 1. The van der Waals surface area contributed by atoms with Gasteiger partial charge in [-0.1, -0.05) is 60.7 Å². The molecule has 226 valence electrons. The van der Waals surface area contributed by atoms with Crippen molar-refractivity contribution < 1.29 is 22.7 Å². The van der Waals surface area contributed by atoms with Crippen molar-refractivity contribution in [2.24, 2.45) is 0 Å². The molecule has 0 spiro atoms. The van der Waals surface area contributed by atoms with Crippen molar-refractivity contribution in [3.8, 4) is 5.75 Å². The highest BCUT2D eigenvalue weighted by molar-refractivity contribution is 7.92. The predicted octanol–water partition coefficient (Wildman–Crippen LogP) is 5.10. The van der Waals surface area contributed by atoms with E-state index in [-0.39, 0.29) is 37.7 Å². The second-order valence-electron chi connectivity index (χ2n) is 11.5. The fraction of sp³-hybridized carbons (Fsp3) is 0.394. The molecule has 3 aromatic rings. The molecule has 3 aromatic carbocycles. The third kappa shape index (κ3) is 9.62. The summed E-state index contributed by atoms with van der Waals surface area (Å²) in [6, 6.07) is 23.5. The van der Waals surface area contributed by atoms with Crippen molar-refractivity contribution >= 4 is 27.5 Å². The molecule has 9 heteroatoms. The first-order valence-electron chi connectivity index (χ1n) is 14.1. The van der Waals surface area contributed by atoms with Gasteiger partial charge in [-0.3, -0.25) is 13.9 Å². The maximum absolute atomic E-state index is 14.0. The monoisotopic (exact) mass is 593 g/mol. The lowest BCUT2D eigenvalue weighted by atomic mass is 10.00. The maximum atomic E-state index is 14.0. The smallest absolute Gasteiger partial charge is 0.243 e. The number of amides is 2. The number of methoxy groups -OCH3 is 1. The number of sulfonamides is 1. The summed E-state index contributed by atoms with van der Waals surface area (Å²) >= 11 is 0. The van der Waals surface area contributed by atoms with E-state index >= 15 is 0 Å². The Morgan fingerprint density at radius 1 is 0.929 bits per heavy atom. The molecule has 0 bridgehead atoms. The van der Waals surface area contributed by atoms with Crippen LogP contribution < -0.4 is 14.4 Å². The number of aryl methyl sites for hydroxylation is 1. The van der Waals surface area contributed by atoms with Gasteiger partial charge < -0.3 is 15.0 Å². The molecule has 0 radical (unpaired) electrons. The van der Waals surface area contributed by atoms with Crippen molar-refractivity contribution in [3.05, 3.63) is 95.6 Å². The van der Waals surface area contributed by atoms with Gasteiger partial charge in [0.1, 0.15) is 11.8 Å². The van der Waals surface area contributed by atoms with Crippen LogP contribution in [0.15, 0.2) is 78.9 Å². The molecule has 1 atom stereocenters. The molecule has 42 heavy (non-hydrogen) atoms. The summed E-state index contributed by atoms with van der Waals surface area (Å²) in [5.74, 6) is 0.169. The summed E-state index contributed by atoms with van der Waals surface area (Å²) in [6.07, 6.45) is 1.85. The fourth-order valence-corrected chi connectivity index (χ4v) is 5.82. The van der Waals surface area contributed by atoms with E-state index in [1.165, 1.54) is 10.6 Å². The van der Waals surface area contributed by atoms with Crippen LogP contribution in [0.3, 0.4) is 0 Å². The van der Waals surface area contributed by atoms with Gasteiger partial charge in [-0.2, -0.15) is 0 Å². The number of rotatable bonds is 13. The fourth-order valence-electron chi connectivity index (χ4n) is 4.80. The zero-order chi connectivity index (χ0) is 30.9. The molecule has 8 nitrogen and oxygen atoms in total. The Kier molecular flexibility index (Phi) is 11.2. The molecule has 0 saturated heterocycles. The average Bonchev–Trinajstić information content (AvgIpc) is 2.92. The first-order valence-corrected chi connectivity index (χ1v) is 15.9. The molecule has 2 amide bonds. The summed E-state index contributed by atoms with van der Waals surface area (Å²) < 4.78 is 32.1. The zero-order valence-electron chi connectivity index (χ0n) is 25.5. The summed E-state index contributed by atoms with van der Waals surface area (Å²) in [6.45, 7) is 7.91. The van der Waals surface area contributed by atoms with E-state index in [1.54, 1.807) is 24.1 Å². The lowest BCUT2D eigenvalue weighted by molar-refractivity contribution is -0.142. The third-order valence-corrected chi connectivity index (χ3v) is 7.97. The van der Waals surface area contributed by atoms with Crippen LogP contribution in [0.2, 0.25) is 0 Å². The minimum absolute atomic E-state index is 0.0654. The van der Waals surface area contributed by atoms with Gasteiger partial charge in [0.15, 0.2) is 0 Å². The van der Waals surface area contributed by atoms with Gasteiger partial charge in [0.05, 0.1) is 19.1 Å². The van der Waals surface area contributed by atoms with E-state index in [0.29, 0.717) is 17.9 Å². The van der Waals surface area contributed by atoms with Crippen molar-refractivity contribution in [1.29, 1.82) is 0 Å². The van der Waals surface area contributed by atoms with E-state index in [9.17, 15) is 18.0 Å². The molecule has 0 aromatic heterocycles. The van der Waals surface area contributed by atoms with Crippen LogP contribution in [-0.2, 0) is 32.6 Å². The number of hydrogen-bond acceptors (Lipinski definition) is 5. The Bertz CT molecular complexity index is 1450. The Balaban J connectivity index is 1.93. The Morgan fingerprint density at radius 3 is 2.19 bits per heavy atom. The number of para-hydroxylation sites is 1. The SMILES string of the molecule is COc1cccc(CN(C(=O)CCCN(c2ccccc2C)S(C)(=O)=O)C(Cc2ccccc2)C(=O)NC(C)(C)C)c1. The molecule has 1 unspecified atom stereocenters. The van der Waals surface area contributed by atoms with Gasteiger partial charge in [0.2, 0.25) is 21.8 Å². The lowest BCUT2D eigenvalue weighted by Gasteiger charge is -2.34. The highest BCUT2D eigenvalue weighted by Gasteiger charge is 2.32. The second kappa shape index (κ2) is 14.4. The lowest BCUT2D eigenvalue weighted by Crippen LogP contribution is -2.54. The minimum Gasteiger partial charge on any atom is -0.497 e. The predicted molar refractivity (Wildman–Crippen MR) is 168 cm³/mol. The number of hydrogen-bond donors (Lipinski definition) is 1. The van der Waals surface area contributed by atoms with Crippen LogP contribution in [-0.4, -0.2) is 56.6 Å². The van der Waals surface area contributed by atoms with E-state index in [1.807, 2.05) is 94.4 Å². The van der Waals surface area contributed by atoms with Crippen molar-refractivity contribution in [3.63, 3.8) is 0 Å². The van der Waals surface area contributed by atoms with Crippen LogP contribution in [0.5, 0.6) is 5.75 Å². The highest BCUT2D eigenvalue weighted by Crippen LogP contribution is 2.24. The number of carbonyl (C=O) groups excluding carboxylic acids is 2. The van der Waals surface area contributed by atoms with Gasteiger partial charge in [-0.05, 0) is 69.0 Å². The van der Waals surface area contributed by atoms with Crippen molar-refractivity contribution in [2.45, 2.75) is 65.1 Å². The topological polar surface area (TPSA) is 96.0 Å². The molecule has 0 aliphatic rings. The maximum Gasteiger partial charge on any atom is 0.243 e. The molecule has 1 N–H and O–H groups in total. The van der Waals surface area contributed by atoms with Gasteiger partial charge >= 0.3 is 0 Å². The Morgan fingerprint density at radius 2 is 1.57 bits per heavy atom. The molecule has 0 aliphatic heterocycles. The second-order valence-corrected chi connectivity index (χ2v) is 13.4. The number of benzene rings is 3. The molecule has 0 fully saturated rings. The molecule has 0 heterocycles. The standard InChI is InChI=1S/C33H43N3O5S/c1-25-14-10-11-19-29(25)36(42(6,39)40)21-13-20-31(37)35(24-27-17-12-18-28(22-27)41-5)30(32(38)34-33(2,3)4)23-26-15-8-7-9-16-26/h7-12,14-19,22,30H,13,20-21,23-24H2,1-6H3,(H,34,38). The van der Waals surface area contributed by atoms with Gasteiger partial charge in [-0.15, -0.1) is 0 Å². The van der Waals surface area contributed by atoms with Crippen LogP contribution in [0.25, 0.3) is 0 Å². The first-order chi connectivity index (χ1) is 19.8. The molecule has 0 aliphatic carbocycles. The summed E-state index contributed by atoms with van der Waals surface area (Å²) in [7, 11) is -1.99. The van der Waals surface area contributed by atoms with Crippen LogP contribution in [0.4, 0.5) is 5.69 Å². The largest absolute Gasteiger partial charge is 0.497 e. The Labute approximate surface area is 250 Å².